The number of hydrogen-bond acceptors (Lipinski definition) is 3. The summed E-state index contributed by atoms with van der Waals surface area (Å²) < 4.78 is 6.09. The summed E-state index contributed by atoms with van der Waals surface area (Å²) in [5, 5.41) is 3.30. The Morgan fingerprint density at radius 3 is 2.19 bits per heavy atom. The molecule has 26 heavy (non-hydrogen) atoms. The minimum absolute atomic E-state index is 0.634. The molecule has 1 heterocycles. The van der Waals surface area contributed by atoms with Gasteiger partial charge in [0.2, 0.25) is 5.89 Å². The van der Waals surface area contributed by atoms with E-state index >= 15 is 0 Å². The monoisotopic (exact) mass is 340 g/mol. The van der Waals surface area contributed by atoms with Gasteiger partial charge in [0, 0.05) is 23.4 Å². The maximum absolute atomic E-state index is 6.09. The molecule has 0 atom stereocenters. The normalized spacial score (nSPS) is 10.7. The first-order valence-corrected chi connectivity index (χ1v) is 8.80. The number of nitrogens with one attached hydrogen (secondary N) is 1. The van der Waals surface area contributed by atoms with Gasteiger partial charge < -0.3 is 9.73 Å². The van der Waals surface area contributed by atoms with Crippen LogP contribution in [0.3, 0.4) is 0 Å². The van der Waals surface area contributed by atoms with Gasteiger partial charge in [-0.3, -0.25) is 0 Å². The number of aromatic nitrogens is 1. The fraction of sp³-hybridized carbons (Fsp3) is 0.0870. The van der Waals surface area contributed by atoms with Crippen LogP contribution >= 0.6 is 0 Å². The Morgan fingerprint density at radius 1 is 0.769 bits per heavy atom. The van der Waals surface area contributed by atoms with Crippen molar-refractivity contribution >= 4 is 5.69 Å². The zero-order chi connectivity index (χ0) is 17.8. The molecule has 1 aromatic heterocycles. The highest BCUT2D eigenvalue weighted by atomic mass is 16.4. The lowest BCUT2D eigenvalue weighted by Crippen LogP contribution is -1.95. The number of hydrogen-bond donors (Lipinski definition) is 1. The summed E-state index contributed by atoms with van der Waals surface area (Å²) in [7, 11) is 0. The van der Waals surface area contributed by atoms with E-state index in [4.69, 9.17) is 4.42 Å². The molecule has 4 aromatic rings. The van der Waals surface area contributed by atoms with Crippen LogP contribution in [0.25, 0.3) is 33.9 Å². The maximum Gasteiger partial charge on any atom is 0.227 e. The molecule has 3 aromatic carbocycles. The highest BCUT2D eigenvalue weighted by molar-refractivity contribution is 5.80. The van der Waals surface area contributed by atoms with E-state index in [0.717, 1.165) is 40.2 Å². The first-order valence-electron chi connectivity index (χ1n) is 8.80. The summed E-state index contributed by atoms with van der Waals surface area (Å²) in [6.45, 7) is 2.99. The van der Waals surface area contributed by atoms with Crippen LogP contribution in [0.1, 0.15) is 6.92 Å². The Kier molecular flexibility index (Phi) is 4.52. The second kappa shape index (κ2) is 7.28. The molecule has 1 N–H and O–H groups in total. The Balaban J connectivity index is 1.69. The molecule has 4 rings (SSSR count). The quantitative estimate of drug-likeness (QED) is 0.476. The minimum atomic E-state index is 0.634. The van der Waals surface area contributed by atoms with E-state index in [9.17, 15) is 0 Å². The lowest BCUT2D eigenvalue weighted by atomic mass is 10.00. The average Bonchev–Trinajstić information content (AvgIpc) is 3.20. The zero-order valence-electron chi connectivity index (χ0n) is 14.6. The molecule has 0 aliphatic rings. The predicted molar refractivity (Wildman–Crippen MR) is 107 cm³/mol. The van der Waals surface area contributed by atoms with Crippen molar-refractivity contribution in [2.75, 3.05) is 11.9 Å². The van der Waals surface area contributed by atoms with Gasteiger partial charge in [0.25, 0.3) is 0 Å². The van der Waals surface area contributed by atoms with E-state index in [-0.39, 0.29) is 0 Å². The second-order valence-electron chi connectivity index (χ2n) is 6.05. The van der Waals surface area contributed by atoms with E-state index < -0.39 is 0 Å². The van der Waals surface area contributed by atoms with Crippen molar-refractivity contribution < 1.29 is 4.42 Å². The van der Waals surface area contributed by atoms with Gasteiger partial charge in [-0.05, 0) is 48.4 Å². The Morgan fingerprint density at radius 2 is 1.46 bits per heavy atom. The fourth-order valence-electron chi connectivity index (χ4n) is 3.03. The summed E-state index contributed by atoms with van der Waals surface area (Å²) in [6, 6.07) is 26.7. The molecule has 0 bridgehead atoms. The van der Waals surface area contributed by atoms with Gasteiger partial charge in [0.05, 0.1) is 6.20 Å². The van der Waals surface area contributed by atoms with Crippen LogP contribution < -0.4 is 5.32 Å². The first-order chi connectivity index (χ1) is 12.8. The second-order valence-corrected chi connectivity index (χ2v) is 6.05. The van der Waals surface area contributed by atoms with Gasteiger partial charge in [0.1, 0.15) is 0 Å². The Labute approximate surface area is 153 Å². The van der Waals surface area contributed by atoms with Crippen molar-refractivity contribution in [3.63, 3.8) is 0 Å². The van der Waals surface area contributed by atoms with Crippen LogP contribution in [-0.2, 0) is 0 Å². The molecular formula is C23H20N2O. The minimum Gasteiger partial charge on any atom is -0.436 e. The van der Waals surface area contributed by atoms with Crippen molar-refractivity contribution in [2.45, 2.75) is 6.92 Å². The van der Waals surface area contributed by atoms with Gasteiger partial charge in [-0.1, -0.05) is 48.5 Å². The van der Waals surface area contributed by atoms with Crippen molar-refractivity contribution in [3.8, 4) is 33.9 Å². The van der Waals surface area contributed by atoms with Gasteiger partial charge in [-0.2, -0.15) is 0 Å². The molecular weight excluding hydrogens is 320 g/mol. The largest absolute Gasteiger partial charge is 0.436 e. The third-order valence-electron chi connectivity index (χ3n) is 4.30. The third-order valence-corrected chi connectivity index (χ3v) is 4.30. The molecule has 0 aliphatic carbocycles. The van der Waals surface area contributed by atoms with Crippen molar-refractivity contribution in [3.05, 3.63) is 85.1 Å². The van der Waals surface area contributed by atoms with Crippen LogP contribution in [-0.4, -0.2) is 11.5 Å². The standard InChI is InChI=1S/C23H20N2O/c1-2-24-19-14-12-18(13-15-19)22-16-25-23(26-22)21-11-7-6-10-20(21)17-8-4-3-5-9-17/h3-16,24H,2H2,1H3. The molecule has 0 spiro atoms. The molecule has 3 nitrogen and oxygen atoms in total. The van der Waals surface area contributed by atoms with Gasteiger partial charge >= 0.3 is 0 Å². The topological polar surface area (TPSA) is 38.1 Å². The molecule has 0 aliphatic heterocycles. The van der Waals surface area contributed by atoms with Gasteiger partial charge in [-0.15, -0.1) is 0 Å². The van der Waals surface area contributed by atoms with E-state index in [0.29, 0.717) is 5.89 Å². The van der Waals surface area contributed by atoms with Crippen LogP contribution in [0.15, 0.2) is 89.5 Å². The lowest BCUT2D eigenvalue weighted by Gasteiger charge is -2.06. The number of anilines is 1. The third kappa shape index (κ3) is 3.24. The first kappa shape index (κ1) is 16.2. The summed E-state index contributed by atoms with van der Waals surface area (Å²) in [4.78, 5) is 4.53. The molecule has 0 saturated carbocycles. The molecule has 3 heteroatoms. The maximum atomic E-state index is 6.09. The van der Waals surface area contributed by atoms with E-state index in [1.54, 1.807) is 6.20 Å². The van der Waals surface area contributed by atoms with Crippen molar-refractivity contribution in [2.24, 2.45) is 0 Å². The number of rotatable bonds is 5. The SMILES string of the molecule is CCNc1ccc(-c2cnc(-c3ccccc3-c3ccccc3)o2)cc1. The molecule has 0 fully saturated rings. The van der Waals surface area contributed by atoms with Gasteiger partial charge in [-0.25, -0.2) is 4.98 Å². The van der Waals surface area contributed by atoms with E-state index in [1.807, 2.05) is 48.5 Å². The van der Waals surface area contributed by atoms with Crippen molar-refractivity contribution in [1.82, 2.24) is 4.98 Å². The van der Waals surface area contributed by atoms with Crippen LogP contribution in [0.2, 0.25) is 0 Å². The predicted octanol–water partition coefficient (Wildman–Crippen LogP) is 6.11. The average molecular weight is 340 g/mol. The zero-order valence-corrected chi connectivity index (χ0v) is 14.6. The highest BCUT2D eigenvalue weighted by Gasteiger charge is 2.13. The molecule has 128 valence electrons. The molecule has 0 radical (unpaired) electrons. The molecule has 0 amide bonds. The van der Waals surface area contributed by atoms with Crippen LogP contribution in [0, 0.1) is 0 Å². The number of benzene rings is 3. The van der Waals surface area contributed by atoms with Crippen molar-refractivity contribution in [1.29, 1.82) is 0 Å². The summed E-state index contributed by atoms with van der Waals surface area (Å²) >= 11 is 0. The van der Waals surface area contributed by atoms with Crippen LogP contribution in [0.4, 0.5) is 5.69 Å². The Hall–Kier alpha value is -3.33. The number of oxazole rings is 1. The lowest BCUT2D eigenvalue weighted by molar-refractivity contribution is 0.589. The molecule has 0 saturated heterocycles. The van der Waals surface area contributed by atoms with E-state index in [2.05, 4.69) is 47.6 Å². The smallest absolute Gasteiger partial charge is 0.227 e. The Bertz CT molecular complexity index is 988. The summed E-state index contributed by atoms with van der Waals surface area (Å²) in [5.41, 5.74) is 5.38. The highest BCUT2D eigenvalue weighted by Crippen LogP contribution is 2.33. The van der Waals surface area contributed by atoms with E-state index in [1.165, 1.54) is 0 Å². The number of nitrogens with zero attached hydrogens (tertiary/aromatic N) is 1. The molecule has 0 unspecified atom stereocenters. The fourth-order valence-corrected chi connectivity index (χ4v) is 3.03. The summed E-state index contributed by atoms with van der Waals surface area (Å²) in [5.74, 6) is 1.40. The summed E-state index contributed by atoms with van der Waals surface area (Å²) in [6.07, 6.45) is 1.79. The van der Waals surface area contributed by atoms with Gasteiger partial charge in [0.15, 0.2) is 5.76 Å². The van der Waals surface area contributed by atoms with Crippen LogP contribution in [0.5, 0.6) is 0 Å².